The number of carboxylic acid groups (broad SMARTS) is 1. The maximum Gasteiger partial charge on any atom is 0.320 e. The molecule has 0 rings (SSSR count). The van der Waals surface area contributed by atoms with E-state index in [0.29, 0.717) is 6.04 Å². The number of hydrogen-bond acceptors (Lipinski definition) is 2. The van der Waals surface area contributed by atoms with Gasteiger partial charge in [-0.2, -0.15) is 0 Å². The molecule has 0 aliphatic carbocycles. The lowest BCUT2D eigenvalue weighted by Crippen LogP contribution is -2.42. The van der Waals surface area contributed by atoms with Gasteiger partial charge in [0.15, 0.2) is 0 Å². The normalized spacial score (nSPS) is 14.9. The van der Waals surface area contributed by atoms with E-state index in [1.807, 2.05) is 0 Å². The second-order valence-electron chi connectivity index (χ2n) is 4.24. The predicted octanol–water partition coefficient (Wildman–Crippen LogP) is 2.80. The fourth-order valence-corrected chi connectivity index (χ4v) is 1.62. The van der Waals surface area contributed by atoms with Crippen molar-refractivity contribution in [1.82, 2.24) is 5.32 Å². The third-order valence-corrected chi connectivity index (χ3v) is 2.62. The summed E-state index contributed by atoms with van der Waals surface area (Å²) >= 11 is 0. The largest absolute Gasteiger partial charge is 0.480 e. The van der Waals surface area contributed by atoms with Crippen molar-refractivity contribution < 1.29 is 9.90 Å². The molecule has 15 heavy (non-hydrogen) atoms. The van der Waals surface area contributed by atoms with Crippen LogP contribution in [0.5, 0.6) is 0 Å². The second kappa shape index (κ2) is 8.72. The maximum atomic E-state index is 11.0. The maximum absolute atomic E-state index is 11.0. The Balaban J connectivity index is 3.87. The number of unbranched alkanes of at least 4 members (excludes halogenated alkanes) is 2. The molecule has 0 saturated carbocycles. The highest BCUT2D eigenvalue weighted by molar-refractivity contribution is 5.73. The van der Waals surface area contributed by atoms with Gasteiger partial charge in [0.25, 0.3) is 0 Å². The van der Waals surface area contributed by atoms with Gasteiger partial charge in [-0.05, 0) is 19.8 Å². The van der Waals surface area contributed by atoms with Crippen molar-refractivity contribution in [2.75, 3.05) is 0 Å². The van der Waals surface area contributed by atoms with Crippen LogP contribution in [0, 0.1) is 0 Å². The lowest BCUT2D eigenvalue weighted by Gasteiger charge is -2.19. The molecule has 3 heteroatoms. The number of carbonyl (C=O) groups is 1. The molecule has 0 radical (unpaired) electrons. The van der Waals surface area contributed by atoms with Crippen LogP contribution in [0.15, 0.2) is 0 Å². The standard InChI is InChI=1S/C12H25NO2/c1-4-6-8-10(3)13-11(12(14)15)9-7-5-2/h10-11,13H,4-9H2,1-3H3,(H,14,15). The smallest absolute Gasteiger partial charge is 0.320 e. The van der Waals surface area contributed by atoms with Gasteiger partial charge in [0.2, 0.25) is 0 Å². The molecule has 0 fully saturated rings. The highest BCUT2D eigenvalue weighted by Gasteiger charge is 2.18. The summed E-state index contributed by atoms with van der Waals surface area (Å²) in [5.41, 5.74) is 0. The van der Waals surface area contributed by atoms with E-state index >= 15 is 0 Å². The zero-order valence-electron chi connectivity index (χ0n) is 10.3. The van der Waals surface area contributed by atoms with Gasteiger partial charge in [0.05, 0.1) is 0 Å². The van der Waals surface area contributed by atoms with Crippen LogP contribution in [-0.4, -0.2) is 23.2 Å². The van der Waals surface area contributed by atoms with Crippen LogP contribution in [0.4, 0.5) is 0 Å². The van der Waals surface area contributed by atoms with E-state index in [4.69, 9.17) is 5.11 Å². The monoisotopic (exact) mass is 215 g/mol. The van der Waals surface area contributed by atoms with E-state index in [2.05, 4.69) is 26.1 Å². The van der Waals surface area contributed by atoms with Crippen molar-refractivity contribution in [1.29, 1.82) is 0 Å². The SMILES string of the molecule is CCCCC(C)NC(CCCC)C(=O)O. The number of hydrogen-bond donors (Lipinski definition) is 2. The Morgan fingerprint density at radius 3 is 2.20 bits per heavy atom. The number of nitrogens with one attached hydrogen (secondary N) is 1. The first-order valence-corrected chi connectivity index (χ1v) is 6.10. The number of aliphatic carboxylic acids is 1. The Labute approximate surface area is 93.3 Å². The van der Waals surface area contributed by atoms with Gasteiger partial charge < -0.3 is 10.4 Å². The molecule has 2 N–H and O–H groups in total. The van der Waals surface area contributed by atoms with Crippen molar-refractivity contribution in [3.05, 3.63) is 0 Å². The molecule has 2 unspecified atom stereocenters. The van der Waals surface area contributed by atoms with Crippen LogP contribution < -0.4 is 5.32 Å². The Morgan fingerprint density at radius 2 is 1.73 bits per heavy atom. The van der Waals surface area contributed by atoms with Gasteiger partial charge in [-0.25, -0.2) is 0 Å². The zero-order valence-corrected chi connectivity index (χ0v) is 10.3. The van der Waals surface area contributed by atoms with Crippen LogP contribution in [0.1, 0.15) is 59.3 Å². The fourth-order valence-electron chi connectivity index (χ4n) is 1.62. The van der Waals surface area contributed by atoms with E-state index in [0.717, 1.165) is 32.1 Å². The zero-order chi connectivity index (χ0) is 11.7. The summed E-state index contributed by atoms with van der Waals surface area (Å²) in [6, 6.07) is -0.0558. The third-order valence-electron chi connectivity index (χ3n) is 2.62. The van der Waals surface area contributed by atoms with Crippen LogP contribution >= 0.6 is 0 Å². The minimum Gasteiger partial charge on any atom is -0.480 e. The molecule has 0 saturated heterocycles. The number of carboxylic acids is 1. The van der Waals surface area contributed by atoms with Crippen LogP contribution in [-0.2, 0) is 4.79 Å². The molecule has 0 aromatic heterocycles. The van der Waals surface area contributed by atoms with Gasteiger partial charge >= 0.3 is 5.97 Å². The summed E-state index contributed by atoms with van der Waals surface area (Å²) < 4.78 is 0. The Hall–Kier alpha value is -0.570. The van der Waals surface area contributed by atoms with Crippen molar-refractivity contribution >= 4 is 5.97 Å². The van der Waals surface area contributed by atoms with Gasteiger partial charge in [0, 0.05) is 6.04 Å². The number of rotatable bonds is 9. The fraction of sp³-hybridized carbons (Fsp3) is 0.917. The third kappa shape index (κ3) is 7.37. The molecule has 2 atom stereocenters. The molecule has 0 bridgehead atoms. The average molecular weight is 215 g/mol. The molecule has 3 nitrogen and oxygen atoms in total. The Bertz CT molecular complexity index is 171. The van der Waals surface area contributed by atoms with Crippen molar-refractivity contribution in [2.24, 2.45) is 0 Å². The summed E-state index contributed by atoms with van der Waals surface area (Å²) in [6.45, 7) is 6.30. The molecule has 0 aromatic rings. The van der Waals surface area contributed by atoms with Crippen molar-refractivity contribution in [3.8, 4) is 0 Å². The van der Waals surface area contributed by atoms with E-state index in [-0.39, 0.29) is 6.04 Å². The van der Waals surface area contributed by atoms with Gasteiger partial charge in [-0.1, -0.05) is 39.5 Å². The van der Waals surface area contributed by atoms with Crippen LogP contribution in [0.3, 0.4) is 0 Å². The van der Waals surface area contributed by atoms with E-state index in [9.17, 15) is 4.79 Å². The predicted molar refractivity (Wildman–Crippen MR) is 63.1 cm³/mol. The van der Waals surface area contributed by atoms with E-state index in [1.54, 1.807) is 0 Å². The van der Waals surface area contributed by atoms with Crippen LogP contribution in [0.25, 0.3) is 0 Å². The Morgan fingerprint density at radius 1 is 1.20 bits per heavy atom. The molecular formula is C12H25NO2. The van der Waals surface area contributed by atoms with Crippen molar-refractivity contribution in [2.45, 2.75) is 71.4 Å². The van der Waals surface area contributed by atoms with Crippen molar-refractivity contribution in [3.63, 3.8) is 0 Å². The van der Waals surface area contributed by atoms with Crippen LogP contribution in [0.2, 0.25) is 0 Å². The first-order valence-electron chi connectivity index (χ1n) is 6.10. The van der Waals surface area contributed by atoms with E-state index in [1.165, 1.54) is 6.42 Å². The molecule has 90 valence electrons. The van der Waals surface area contributed by atoms with Gasteiger partial charge in [-0.3, -0.25) is 4.79 Å². The first-order chi connectivity index (χ1) is 7.11. The molecule has 0 aromatic carbocycles. The summed E-state index contributed by atoms with van der Waals surface area (Å²) in [5.74, 6) is -0.716. The lowest BCUT2D eigenvalue weighted by molar-refractivity contribution is -0.139. The quantitative estimate of drug-likeness (QED) is 0.622. The Kier molecular flexibility index (Phi) is 8.38. The minimum absolute atomic E-state index is 0.308. The molecule has 0 heterocycles. The molecule has 0 aliphatic rings. The second-order valence-corrected chi connectivity index (χ2v) is 4.24. The topological polar surface area (TPSA) is 49.3 Å². The van der Waals surface area contributed by atoms with Gasteiger partial charge in [-0.15, -0.1) is 0 Å². The van der Waals surface area contributed by atoms with E-state index < -0.39 is 5.97 Å². The molecule has 0 aliphatic heterocycles. The summed E-state index contributed by atoms with van der Waals surface area (Å²) in [7, 11) is 0. The summed E-state index contributed by atoms with van der Waals surface area (Å²) in [6.07, 6.45) is 6.15. The lowest BCUT2D eigenvalue weighted by atomic mass is 10.1. The summed E-state index contributed by atoms with van der Waals surface area (Å²) in [5, 5.41) is 12.2. The highest BCUT2D eigenvalue weighted by atomic mass is 16.4. The highest BCUT2D eigenvalue weighted by Crippen LogP contribution is 2.05. The summed E-state index contributed by atoms with van der Waals surface area (Å²) in [4.78, 5) is 11.0. The average Bonchev–Trinajstić information content (AvgIpc) is 2.20. The molecule has 0 spiro atoms. The van der Waals surface area contributed by atoms with Gasteiger partial charge in [0.1, 0.15) is 6.04 Å². The minimum atomic E-state index is -0.716. The first kappa shape index (κ1) is 14.4. The molecule has 0 amide bonds. The molecular weight excluding hydrogens is 190 g/mol.